The average molecular weight is 254 g/mol. The van der Waals surface area contributed by atoms with E-state index in [1.54, 1.807) is 6.08 Å². The van der Waals surface area contributed by atoms with Crippen molar-refractivity contribution in [2.75, 3.05) is 0 Å². The summed E-state index contributed by atoms with van der Waals surface area (Å²) in [6, 6.07) is 0. The van der Waals surface area contributed by atoms with Gasteiger partial charge in [0.05, 0.1) is 10.4 Å². The Labute approximate surface area is 85.0 Å². The predicted octanol–water partition coefficient (Wildman–Crippen LogP) is 2.80. The molecule has 12 heavy (non-hydrogen) atoms. The Morgan fingerprint density at radius 3 is 2.75 bits per heavy atom. The van der Waals surface area contributed by atoms with E-state index in [0.717, 1.165) is 0 Å². The molecular weight excluding hydrogens is 243 g/mol. The molecule has 1 atom stereocenters. The fourth-order valence-electron chi connectivity index (χ4n) is 1.19. The van der Waals surface area contributed by atoms with E-state index < -0.39 is 0 Å². The van der Waals surface area contributed by atoms with Crippen molar-refractivity contribution >= 4 is 33.5 Å². The van der Waals surface area contributed by atoms with Gasteiger partial charge in [-0.05, 0) is 22.0 Å². The molecule has 1 fully saturated rings. The van der Waals surface area contributed by atoms with Gasteiger partial charge in [0.15, 0.2) is 0 Å². The lowest BCUT2D eigenvalue weighted by Crippen LogP contribution is -2.21. The lowest BCUT2D eigenvalue weighted by molar-refractivity contribution is -0.140. The highest BCUT2D eigenvalue weighted by molar-refractivity contribution is 9.12. The van der Waals surface area contributed by atoms with Crippen molar-refractivity contribution in [2.24, 2.45) is 5.41 Å². The molecule has 1 heterocycles. The molecule has 1 aliphatic heterocycles. The molecule has 1 rings (SSSR count). The Hall–Kier alpha value is -0.0200. The van der Waals surface area contributed by atoms with Crippen LogP contribution >= 0.6 is 27.5 Å². The van der Waals surface area contributed by atoms with Crippen LogP contribution in [0.3, 0.4) is 0 Å². The van der Waals surface area contributed by atoms with E-state index in [1.807, 2.05) is 13.8 Å². The van der Waals surface area contributed by atoms with Crippen LogP contribution in [0.5, 0.6) is 0 Å². The van der Waals surface area contributed by atoms with Gasteiger partial charge in [-0.3, -0.25) is 4.79 Å². The summed E-state index contributed by atoms with van der Waals surface area (Å²) in [5.74, 6) is -0.160. The second-order valence-electron chi connectivity index (χ2n) is 3.53. The highest BCUT2D eigenvalue weighted by Crippen LogP contribution is 2.36. The van der Waals surface area contributed by atoms with Crippen molar-refractivity contribution in [3.63, 3.8) is 0 Å². The smallest absolute Gasteiger partial charge is 0.307 e. The molecule has 0 aromatic rings. The molecule has 0 spiro atoms. The van der Waals surface area contributed by atoms with Crippen LogP contribution < -0.4 is 0 Å². The van der Waals surface area contributed by atoms with E-state index in [-0.39, 0.29) is 17.5 Å². The minimum atomic E-state index is -0.211. The number of ether oxygens (including phenoxy) is 1. The molecule has 0 radical (unpaired) electrons. The van der Waals surface area contributed by atoms with E-state index in [0.29, 0.717) is 10.4 Å². The standard InChI is InChI=1S/C8H10BrClO2/c1-8(2)4-7(11)12-5(8)3-6(9)10/h3,5H,4H2,1-2H3. The van der Waals surface area contributed by atoms with E-state index in [1.165, 1.54) is 0 Å². The van der Waals surface area contributed by atoms with Gasteiger partial charge in [-0.2, -0.15) is 0 Å². The van der Waals surface area contributed by atoms with Crippen molar-refractivity contribution in [2.45, 2.75) is 26.4 Å². The van der Waals surface area contributed by atoms with Crippen LogP contribution in [0.2, 0.25) is 0 Å². The zero-order chi connectivity index (χ0) is 9.35. The van der Waals surface area contributed by atoms with Gasteiger partial charge in [-0.1, -0.05) is 25.4 Å². The lowest BCUT2D eigenvalue weighted by atomic mass is 9.86. The first-order valence-corrected chi connectivity index (χ1v) is 4.81. The SMILES string of the molecule is CC1(C)CC(=O)OC1C=C(Cl)Br. The first kappa shape index (κ1) is 10.1. The quantitative estimate of drug-likeness (QED) is 0.672. The molecule has 0 amide bonds. The maximum atomic E-state index is 10.9. The highest BCUT2D eigenvalue weighted by Gasteiger charge is 2.40. The fourth-order valence-corrected chi connectivity index (χ4v) is 1.54. The number of halogens is 2. The summed E-state index contributed by atoms with van der Waals surface area (Å²) in [7, 11) is 0. The third-order valence-corrected chi connectivity index (χ3v) is 2.30. The number of hydrogen-bond acceptors (Lipinski definition) is 2. The maximum absolute atomic E-state index is 10.9. The van der Waals surface area contributed by atoms with Crippen LogP contribution in [0.15, 0.2) is 10.0 Å². The first-order chi connectivity index (χ1) is 5.42. The van der Waals surface area contributed by atoms with E-state index in [2.05, 4.69) is 15.9 Å². The summed E-state index contributed by atoms with van der Waals surface area (Å²) in [5.41, 5.74) is -0.148. The lowest BCUT2D eigenvalue weighted by Gasteiger charge is -2.20. The van der Waals surface area contributed by atoms with Gasteiger partial charge in [-0.15, -0.1) is 0 Å². The largest absolute Gasteiger partial charge is 0.457 e. The van der Waals surface area contributed by atoms with Crippen molar-refractivity contribution in [1.82, 2.24) is 0 Å². The number of cyclic esters (lactones) is 1. The summed E-state index contributed by atoms with van der Waals surface area (Å²) < 4.78 is 5.54. The molecule has 0 bridgehead atoms. The van der Waals surface area contributed by atoms with Crippen molar-refractivity contribution in [1.29, 1.82) is 0 Å². The van der Waals surface area contributed by atoms with Crippen molar-refractivity contribution < 1.29 is 9.53 Å². The normalized spacial score (nSPS) is 28.8. The molecule has 0 aromatic carbocycles. The van der Waals surface area contributed by atoms with Crippen LogP contribution in [0, 0.1) is 5.41 Å². The van der Waals surface area contributed by atoms with Crippen molar-refractivity contribution in [3.8, 4) is 0 Å². The van der Waals surface area contributed by atoms with E-state index >= 15 is 0 Å². The van der Waals surface area contributed by atoms with Crippen LogP contribution in [-0.4, -0.2) is 12.1 Å². The molecule has 68 valence electrons. The summed E-state index contributed by atoms with van der Waals surface area (Å²) >= 11 is 8.71. The zero-order valence-corrected chi connectivity index (χ0v) is 9.28. The second-order valence-corrected chi connectivity index (χ2v) is 5.25. The van der Waals surface area contributed by atoms with Gasteiger partial charge >= 0.3 is 5.97 Å². The first-order valence-electron chi connectivity index (χ1n) is 3.64. The van der Waals surface area contributed by atoms with Gasteiger partial charge < -0.3 is 4.74 Å². The summed E-state index contributed by atoms with van der Waals surface area (Å²) in [6.45, 7) is 3.96. The summed E-state index contributed by atoms with van der Waals surface area (Å²) in [5, 5.41) is 0. The van der Waals surface area contributed by atoms with Crippen LogP contribution in [0.4, 0.5) is 0 Å². The molecule has 0 aromatic heterocycles. The van der Waals surface area contributed by atoms with Gasteiger partial charge in [-0.25, -0.2) is 0 Å². The van der Waals surface area contributed by atoms with Crippen LogP contribution in [0.1, 0.15) is 20.3 Å². The summed E-state index contributed by atoms with van der Waals surface area (Å²) in [6.07, 6.45) is 1.94. The molecule has 0 saturated carbocycles. The second kappa shape index (κ2) is 3.38. The Balaban J connectivity index is 2.78. The Kier molecular flexibility index (Phi) is 2.84. The van der Waals surface area contributed by atoms with Crippen molar-refractivity contribution in [3.05, 3.63) is 10.0 Å². The van der Waals surface area contributed by atoms with Gasteiger partial charge in [0.25, 0.3) is 0 Å². The summed E-state index contributed by atoms with van der Waals surface area (Å²) in [4.78, 5) is 10.9. The fraction of sp³-hybridized carbons (Fsp3) is 0.625. The van der Waals surface area contributed by atoms with Gasteiger partial charge in [0, 0.05) is 5.41 Å². The number of carbonyl (C=O) groups is 1. The van der Waals surface area contributed by atoms with Gasteiger partial charge in [0.1, 0.15) is 6.10 Å². The molecule has 0 aliphatic carbocycles. The average Bonchev–Trinajstić information content (AvgIpc) is 2.04. The number of esters is 1. The van der Waals surface area contributed by atoms with Crippen LogP contribution in [-0.2, 0) is 9.53 Å². The highest BCUT2D eigenvalue weighted by atomic mass is 79.9. The molecule has 1 aliphatic rings. The Bertz CT molecular complexity index is 231. The third kappa shape index (κ3) is 2.23. The Morgan fingerprint density at radius 1 is 1.83 bits per heavy atom. The topological polar surface area (TPSA) is 26.3 Å². The zero-order valence-electron chi connectivity index (χ0n) is 6.93. The van der Waals surface area contributed by atoms with E-state index in [4.69, 9.17) is 16.3 Å². The number of carbonyl (C=O) groups excluding carboxylic acids is 1. The van der Waals surface area contributed by atoms with E-state index in [9.17, 15) is 4.79 Å². The Morgan fingerprint density at radius 2 is 2.42 bits per heavy atom. The molecule has 4 heteroatoms. The number of hydrogen-bond donors (Lipinski definition) is 0. The minimum absolute atomic E-state index is 0.148. The molecule has 1 unspecified atom stereocenters. The molecular formula is C8H10BrClO2. The van der Waals surface area contributed by atoms with Crippen LogP contribution in [0.25, 0.3) is 0 Å². The maximum Gasteiger partial charge on any atom is 0.307 e. The molecule has 2 nitrogen and oxygen atoms in total. The molecule has 1 saturated heterocycles. The van der Waals surface area contributed by atoms with Gasteiger partial charge in [0.2, 0.25) is 0 Å². The third-order valence-electron chi connectivity index (χ3n) is 1.91. The number of rotatable bonds is 1. The molecule has 0 N–H and O–H groups in total. The minimum Gasteiger partial charge on any atom is -0.457 e. The predicted molar refractivity (Wildman–Crippen MR) is 51.1 cm³/mol. The monoisotopic (exact) mass is 252 g/mol.